The molecular formula is C20H18BrN3O4. The van der Waals surface area contributed by atoms with E-state index in [1.807, 2.05) is 24.3 Å². The SMILES string of the molecule is O=C(Nc1ccc(Br)cc1)C1CC=CCC1C(=O)Nc1ccccc1[N+](=O)[O-]. The van der Waals surface area contributed by atoms with E-state index in [4.69, 9.17) is 0 Å². The molecule has 7 nitrogen and oxygen atoms in total. The van der Waals surface area contributed by atoms with Crippen LogP contribution in [0.25, 0.3) is 0 Å². The number of hydrogen-bond donors (Lipinski definition) is 2. The van der Waals surface area contributed by atoms with Crippen LogP contribution in [0.2, 0.25) is 0 Å². The zero-order chi connectivity index (χ0) is 20.1. The third-order valence-electron chi connectivity index (χ3n) is 4.58. The van der Waals surface area contributed by atoms with E-state index in [-0.39, 0.29) is 17.3 Å². The Hall–Kier alpha value is -3.00. The minimum atomic E-state index is -0.611. The van der Waals surface area contributed by atoms with Crippen molar-refractivity contribution in [3.63, 3.8) is 0 Å². The Labute approximate surface area is 170 Å². The Balaban J connectivity index is 1.75. The van der Waals surface area contributed by atoms with Crippen molar-refractivity contribution < 1.29 is 14.5 Å². The van der Waals surface area contributed by atoms with E-state index in [2.05, 4.69) is 26.6 Å². The first kappa shape index (κ1) is 19.8. The molecule has 0 aliphatic heterocycles. The molecule has 2 unspecified atom stereocenters. The molecule has 0 radical (unpaired) electrons. The maximum Gasteiger partial charge on any atom is 0.292 e. The molecule has 8 heteroatoms. The summed E-state index contributed by atoms with van der Waals surface area (Å²) in [6, 6.07) is 13.1. The number of halogens is 1. The summed E-state index contributed by atoms with van der Waals surface area (Å²) in [4.78, 5) is 36.2. The van der Waals surface area contributed by atoms with E-state index in [0.717, 1.165) is 4.47 Å². The summed E-state index contributed by atoms with van der Waals surface area (Å²) in [5.74, 6) is -1.83. The molecule has 3 rings (SSSR count). The number of benzene rings is 2. The Morgan fingerprint density at radius 2 is 1.50 bits per heavy atom. The lowest BCUT2D eigenvalue weighted by Gasteiger charge is -2.26. The van der Waals surface area contributed by atoms with Crippen molar-refractivity contribution in [2.24, 2.45) is 11.8 Å². The van der Waals surface area contributed by atoms with E-state index in [9.17, 15) is 19.7 Å². The van der Waals surface area contributed by atoms with Gasteiger partial charge in [-0.15, -0.1) is 0 Å². The molecule has 0 saturated heterocycles. The van der Waals surface area contributed by atoms with Crippen molar-refractivity contribution in [2.75, 3.05) is 10.6 Å². The molecule has 0 aromatic heterocycles. The number of nitrogens with one attached hydrogen (secondary N) is 2. The minimum absolute atomic E-state index is 0.124. The second-order valence-corrected chi connectivity index (χ2v) is 7.33. The molecule has 0 bridgehead atoms. The van der Waals surface area contributed by atoms with Gasteiger partial charge in [0.05, 0.1) is 16.8 Å². The summed E-state index contributed by atoms with van der Waals surface area (Å²) >= 11 is 3.34. The van der Waals surface area contributed by atoms with Crippen LogP contribution in [0.3, 0.4) is 0 Å². The first-order valence-electron chi connectivity index (χ1n) is 8.71. The summed E-state index contributed by atoms with van der Waals surface area (Å²) in [7, 11) is 0. The van der Waals surface area contributed by atoms with Gasteiger partial charge in [-0.2, -0.15) is 0 Å². The summed E-state index contributed by atoms with van der Waals surface area (Å²) in [6.45, 7) is 0. The highest BCUT2D eigenvalue weighted by atomic mass is 79.9. The van der Waals surface area contributed by atoms with Crippen LogP contribution in [0, 0.1) is 22.0 Å². The smallest absolute Gasteiger partial charge is 0.292 e. The zero-order valence-electron chi connectivity index (χ0n) is 14.8. The number of anilines is 2. The highest BCUT2D eigenvalue weighted by Gasteiger charge is 2.34. The second-order valence-electron chi connectivity index (χ2n) is 6.42. The van der Waals surface area contributed by atoms with Crippen LogP contribution < -0.4 is 10.6 Å². The fourth-order valence-corrected chi connectivity index (χ4v) is 3.39. The van der Waals surface area contributed by atoms with Gasteiger partial charge in [0.1, 0.15) is 5.69 Å². The number of amides is 2. The molecule has 0 fully saturated rings. The topological polar surface area (TPSA) is 101 Å². The third-order valence-corrected chi connectivity index (χ3v) is 5.10. The first-order valence-corrected chi connectivity index (χ1v) is 9.50. The number of nitro groups is 1. The maximum absolute atomic E-state index is 12.8. The summed E-state index contributed by atoms with van der Waals surface area (Å²) in [6.07, 6.45) is 4.55. The highest BCUT2D eigenvalue weighted by molar-refractivity contribution is 9.10. The molecule has 2 amide bonds. The van der Waals surface area contributed by atoms with Crippen LogP contribution >= 0.6 is 15.9 Å². The van der Waals surface area contributed by atoms with Gasteiger partial charge in [-0.1, -0.05) is 40.2 Å². The van der Waals surface area contributed by atoms with Crippen molar-refractivity contribution in [1.82, 2.24) is 0 Å². The van der Waals surface area contributed by atoms with Crippen molar-refractivity contribution in [3.05, 3.63) is 75.3 Å². The van der Waals surface area contributed by atoms with Gasteiger partial charge in [-0.25, -0.2) is 0 Å². The fraction of sp³-hybridized carbons (Fsp3) is 0.200. The van der Waals surface area contributed by atoms with E-state index >= 15 is 0 Å². The van der Waals surface area contributed by atoms with Crippen LogP contribution in [0.4, 0.5) is 17.1 Å². The van der Waals surface area contributed by atoms with Gasteiger partial charge in [-0.05, 0) is 43.2 Å². The van der Waals surface area contributed by atoms with Crippen LogP contribution in [-0.2, 0) is 9.59 Å². The molecular weight excluding hydrogens is 426 g/mol. The van der Waals surface area contributed by atoms with Crippen LogP contribution in [-0.4, -0.2) is 16.7 Å². The summed E-state index contributed by atoms with van der Waals surface area (Å²) < 4.78 is 0.896. The van der Waals surface area contributed by atoms with E-state index in [1.54, 1.807) is 18.2 Å². The standard InChI is InChI=1S/C20H18BrN3O4/c21-13-9-11-14(12-10-13)22-19(25)15-5-1-2-6-16(15)20(26)23-17-7-3-4-8-18(17)24(27)28/h1-4,7-12,15-16H,5-6H2,(H,22,25)(H,23,26). The minimum Gasteiger partial charge on any atom is -0.326 e. The Morgan fingerprint density at radius 3 is 2.11 bits per heavy atom. The Bertz CT molecular complexity index is 927. The van der Waals surface area contributed by atoms with E-state index in [0.29, 0.717) is 18.5 Å². The normalized spacial score (nSPS) is 18.3. The summed E-state index contributed by atoms with van der Waals surface area (Å²) in [5, 5.41) is 16.6. The fourth-order valence-electron chi connectivity index (χ4n) is 3.13. The van der Waals surface area contributed by atoms with Gasteiger partial charge in [0.25, 0.3) is 5.69 Å². The molecule has 144 valence electrons. The second kappa shape index (κ2) is 8.79. The molecule has 2 aromatic rings. The summed E-state index contributed by atoms with van der Waals surface area (Å²) in [5.41, 5.74) is 0.581. The van der Waals surface area contributed by atoms with Gasteiger partial charge in [0.15, 0.2) is 0 Å². The van der Waals surface area contributed by atoms with Crippen molar-refractivity contribution in [1.29, 1.82) is 0 Å². The molecule has 28 heavy (non-hydrogen) atoms. The number of carbonyl (C=O) groups is 2. The Kier molecular flexibility index (Phi) is 6.20. The molecule has 1 aliphatic carbocycles. The Morgan fingerprint density at radius 1 is 0.929 bits per heavy atom. The molecule has 1 aliphatic rings. The van der Waals surface area contributed by atoms with E-state index in [1.165, 1.54) is 18.2 Å². The zero-order valence-corrected chi connectivity index (χ0v) is 16.4. The van der Waals surface area contributed by atoms with Crippen molar-refractivity contribution >= 4 is 44.8 Å². The number of rotatable bonds is 5. The molecule has 2 N–H and O–H groups in total. The van der Waals surface area contributed by atoms with Gasteiger partial charge < -0.3 is 10.6 Å². The third kappa shape index (κ3) is 4.64. The number of carbonyl (C=O) groups excluding carboxylic acids is 2. The molecule has 2 atom stereocenters. The lowest BCUT2D eigenvalue weighted by Crippen LogP contribution is -2.37. The average Bonchev–Trinajstić information content (AvgIpc) is 2.70. The molecule has 0 spiro atoms. The first-order chi connectivity index (χ1) is 13.5. The molecule has 0 saturated carbocycles. The van der Waals surface area contributed by atoms with E-state index < -0.39 is 22.7 Å². The number of allylic oxidation sites excluding steroid dienone is 2. The predicted octanol–water partition coefficient (Wildman–Crippen LogP) is 4.52. The van der Waals surface area contributed by atoms with Gasteiger partial charge in [-0.3, -0.25) is 19.7 Å². The van der Waals surface area contributed by atoms with Gasteiger partial charge in [0.2, 0.25) is 11.8 Å². The maximum atomic E-state index is 12.8. The molecule has 0 heterocycles. The predicted molar refractivity (Wildman–Crippen MR) is 110 cm³/mol. The average molecular weight is 444 g/mol. The van der Waals surface area contributed by atoms with Crippen molar-refractivity contribution in [2.45, 2.75) is 12.8 Å². The lowest BCUT2D eigenvalue weighted by atomic mass is 9.81. The largest absolute Gasteiger partial charge is 0.326 e. The van der Waals surface area contributed by atoms with Crippen LogP contribution in [0.15, 0.2) is 65.2 Å². The lowest BCUT2D eigenvalue weighted by molar-refractivity contribution is -0.383. The highest BCUT2D eigenvalue weighted by Crippen LogP contribution is 2.30. The van der Waals surface area contributed by atoms with Crippen LogP contribution in [0.1, 0.15) is 12.8 Å². The van der Waals surface area contributed by atoms with Crippen molar-refractivity contribution in [3.8, 4) is 0 Å². The molecule has 2 aromatic carbocycles. The number of hydrogen-bond acceptors (Lipinski definition) is 4. The van der Waals surface area contributed by atoms with Gasteiger partial charge in [0, 0.05) is 16.2 Å². The monoisotopic (exact) mass is 443 g/mol. The van der Waals surface area contributed by atoms with Gasteiger partial charge >= 0.3 is 0 Å². The number of para-hydroxylation sites is 2. The number of nitro benzene ring substituents is 1. The van der Waals surface area contributed by atoms with Crippen LogP contribution in [0.5, 0.6) is 0 Å². The number of nitrogens with zero attached hydrogens (tertiary/aromatic N) is 1. The quantitative estimate of drug-likeness (QED) is 0.402.